The van der Waals surface area contributed by atoms with E-state index in [1.165, 1.54) is 7.11 Å². The summed E-state index contributed by atoms with van der Waals surface area (Å²) in [6.45, 7) is 7.58. The molecule has 2 aromatic rings. The molecule has 1 aromatic carbocycles. The first-order chi connectivity index (χ1) is 11.8. The van der Waals surface area contributed by atoms with Crippen LogP contribution in [0.4, 0.5) is 0 Å². The number of ether oxygens (including phenoxy) is 3. The Balaban J connectivity index is 2.59. The van der Waals surface area contributed by atoms with E-state index in [0.717, 1.165) is 28.1 Å². The Labute approximate surface area is 148 Å². The van der Waals surface area contributed by atoms with Crippen LogP contribution in [0.25, 0.3) is 11.1 Å². The highest BCUT2D eigenvalue weighted by atomic mass is 16.6. The molecule has 0 fully saturated rings. The second-order valence-corrected chi connectivity index (χ2v) is 6.72. The van der Waals surface area contributed by atoms with Gasteiger partial charge in [-0.15, -0.1) is 0 Å². The highest BCUT2D eigenvalue weighted by molar-refractivity contribution is 5.81. The molecule has 0 spiro atoms. The Kier molecular flexibility index (Phi) is 5.80. The van der Waals surface area contributed by atoms with Crippen LogP contribution in [0.1, 0.15) is 38.1 Å². The number of hydrogen-bond acceptors (Lipinski definition) is 5. The SMILES string of the molecule is COC(=O)C(OC(C)(C)C)c1c(-c2ccc(OC)cc2)ccnc1C. The van der Waals surface area contributed by atoms with Crippen LogP contribution >= 0.6 is 0 Å². The molecule has 0 bridgehead atoms. The first kappa shape index (κ1) is 18.9. The van der Waals surface area contributed by atoms with Crippen molar-refractivity contribution < 1.29 is 19.0 Å². The van der Waals surface area contributed by atoms with Gasteiger partial charge in [0.25, 0.3) is 0 Å². The molecule has 1 aromatic heterocycles. The molecule has 0 radical (unpaired) electrons. The molecule has 0 aliphatic rings. The van der Waals surface area contributed by atoms with E-state index in [-0.39, 0.29) is 0 Å². The van der Waals surface area contributed by atoms with Crippen LogP contribution in [-0.2, 0) is 14.3 Å². The fraction of sp³-hybridized carbons (Fsp3) is 0.400. The van der Waals surface area contributed by atoms with Crippen molar-refractivity contribution in [3.63, 3.8) is 0 Å². The minimum Gasteiger partial charge on any atom is -0.497 e. The van der Waals surface area contributed by atoms with E-state index in [1.807, 2.05) is 58.0 Å². The normalized spacial score (nSPS) is 12.6. The van der Waals surface area contributed by atoms with Gasteiger partial charge >= 0.3 is 5.97 Å². The lowest BCUT2D eigenvalue weighted by molar-refractivity contribution is -0.164. The fourth-order valence-corrected chi connectivity index (χ4v) is 2.62. The molecule has 1 atom stereocenters. The fourth-order valence-electron chi connectivity index (χ4n) is 2.62. The van der Waals surface area contributed by atoms with Crippen molar-refractivity contribution in [3.05, 3.63) is 47.8 Å². The Morgan fingerprint density at radius 1 is 1.08 bits per heavy atom. The van der Waals surface area contributed by atoms with E-state index in [0.29, 0.717) is 0 Å². The van der Waals surface area contributed by atoms with Crippen LogP contribution in [0.15, 0.2) is 36.5 Å². The smallest absolute Gasteiger partial charge is 0.339 e. The van der Waals surface area contributed by atoms with Crippen LogP contribution in [0.5, 0.6) is 5.75 Å². The summed E-state index contributed by atoms with van der Waals surface area (Å²) >= 11 is 0. The second-order valence-electron chi connectivity index (χ2n) is 6.72. The van der Waals surface area contributed by atoms with Crippen molar-refractivity contribution >= 4 is 5.97 Å². The zero-order valence-electron chi connectivity index (χ0n) is 15.6. The number of carbonyl (C=O) groups excluding carboxylic acids is 1. The summed E-state index contributed by atoms with van der Waals surface area (Å²) in [5.74, 6) is 0.326. The molecule has 2 rings (SSSR count). The maximum atomic E-state index is 12.4. The van der Waals surface area contributed by atoms with Gasteiger partial charge in [-0.2, -0.15) is 0 Å². The van der Waals surface area contributed by atoms with E-state index in [1.54, 1.807) is 13.3 Å². The van der Waals surface area contributed by atoms with Gasteiger partial charge in [0.05, 0.1) is 19.8 Å². The summed E-state index contributed by atoms with van der Waals surface area (Å²) in [6, 6.07) is 9.54. The van der Waals surface area contributed by atoms with Gasteiger partial charge in [0, 0.05) is 17.5 Å². The molecule has 25 heavy (non-hydrogen) atoms. The molecule has 0 saturated heterocycles. The molecule has 0 saturated carbocycles. The van der Waals surface area contributed by atoms with Gasteiger partial charge in [0.1, 0.15) is 5.75 Å². The molecule has 5 nitrogen and oxygen atoms in total. The third kappa shape index (κ3) is 4.57. The van der Waals surface area contributed by atoms with Crippen molar-refractivity contribution in [3.8, 4) is 16.9 Å². The molecule has 0 N–H and O–H groups in total. The summed E-state index contributed by atoms with van der Waals surface area (Å²) < 4.78 is 16.2. The van der Waals surface area contributed by atoms with E-state index in [2.05, 4.69) is 4.98 Å². The standard InChI is InChI=1S/C20H25NO4/c1-13-17(18(19(22)24-6)25-20(2,3)4)16(11-12-21-13)14-7-9-15(23-5)10-8-14/h7-12,18H,1-6H3. The number of methoxy groups -OCH3 is 2. The highest BCUT2D eigenvalue weighted by Crippen LogP contribution is 2.35. The number of carbonyl (C=O) groups is 1. The number of pyridine rings is 1. The summed E-state index contributed by atoms with van der Waals surface area (Å²) in [7, 11) is 2.99. The molecular weight excluding hydrogens is 318 g/mol. The van der Waals surface area contributed by atoms with Gasteiger partial charge in [0.2, 0.25) is 0 Å². The minimum absolute atomic E-state index is 0.444. The largest absolute Gasteiger partial charge is 0.497 e. The number of nitrogens with zero attached hydrogens (tertiary/aromatic N) is 1. The predicted molar refractivity (Wildman–Crippen MR) is 96.6 cm³/mol. The number of hydrogen-bond donors (Lipinski definition) is 0. The van der Waals surface area contributed by atoms with E-state index in [9.17, 15) is 4.79 Å². The van der Waals surface area contributed by atoms with E-state index in [4.69, 9.17) is 14.2 Å². The number of esters is 1. The molecule has 0 aliphatic carbocycles. The van der Waals surface area contributed by atoms with E-state index >= 15 is 0 Å². The average molecular weight is 343 g/mol. The highest BCUT2D eigenvalue weighted by Gasteiger charge is 2.31. The van der Waals surface area contributed by atoms with Crippen molar-refractivity contribution in [1.82, 2.24) is 4.98 Å². The van der Waals surface area contributed by atoms with Crippen molar-refractivity contribution in [1.29, 1.82) is 0 Å². The summed E-state index contributed by atoms with van der Waals surface area (Å²) in [4.78, 5) is 16.8. The van der Waals surface area contributed by atoms with Crippen molar-refractivity contribution in [2.75, 3.05) is 14.2 Å². The van der Waals surface area contributed by atoms with Crippen molar-refractivity contribution in [2.45, 2.75) is 39.4 Å². The minimum atomic E-state index is -0.851. The quantitative estimate of drug-likeness (QED) is 0.765. The second kappa shape index (κ2) is 7.66. The Morgan fingerprint density at radius 3 is 2.24 bits per heavy atom. The number of aromatic nitrogens is 1. The number of rotatable bonds is 5. The zero-order valence-corrected chi connectivity index (χ0v) is 15.6. The summed E-state index contributed by atoms with van der Waals surface area (Å²) in [6.07, 6.45) is 0.875. The summed E-state index contributed by atoms with van der Waals surface area (Å²) in [5, 5.41) is 0. The van der Waals surface area contributed by atoms with E-state index < -0.39 is 17.7 Å². The topological polar surface area (TPSA) is 57.7 Å². The monoisotopic (exact) mass is 343 g/mol. The lowest BCUT2D eigenvalue weighted by Crippen LogP contribution is -2.29. The van der Waals surface area contributed by atoms with Gasteiger partial charge in [0.15, 0.2) is 6.10 Å². The summed E-state index contributed by atoms with van der Waals surface area (Å²) in [5.41, 5.74) is 2.77. The lowest BCUT2D eigenvalue weighted by Gasteiger charge is -2.28. The first-order valence-corrected chi connectivity index (χ1v) is 8.12. The maximum absolute atomic E-state index is 12.4. The maximum Gasteiger partial charge on any atom is 0.339 e. The third-order valence-corrected chi connectivity index (χ3v) is 3.74. The Morgan fingerprint density at radius 2 is 1.72 bits per heavy atom. The van der Waals surface area contributed by atoms with Crippen LogP contribution in [-0.4, -0.2) is 30.8 Å². The van der Waals surface area contributed by atoms with Gasteiger partial charge in [-0.05, 0) is 57.0 Å². The number of aryl methyl sites for hydroxylation is 1. The molecule has 1 heterocycles. The van der Waals surface area contributed by atoms with Crippen LogP contribution in [0.2, 0.25) is 0 Å². The van der Waals surface area contributed by atoms with Crippen LogP contribution in [0.3, 0.4) is 0 Å². The Hall–Kier alpha value is -2.40. The molecular formula is C20H25NO4. The molecule has 0 aliphatic heterocycles. The first-order valence-electron chi connectivity index (χ1n) is 8.12. The Bertz CT molecular complexity index is 732. The molecule has 134 valence electrons. The third-order valence-electron chi connectivity index (χ3n) is 3.74. The van der Waals surface area contributed by atoms with Gasteiger partial charge in [-0.3, -0.25) is 4.98 Å². The predicted octanol–water partition coefficient (Wildman–Crippen LogP) is 4.09. The number of benzene rings is 1. The molecule has 0 amide bonds. The van der Waals surface area contributed by atoms with Gasteiger partial charge in [-0.25, -0.2) is 4.79 Å². The van der Waals surface area contributed by atoms with Gasteiger partial charge in [-0.1, -0.05) is 12.1 Å². The molecule has 1 unspecified atom stereocenters. The average Bonchev–Trinajstić information content (AvgIpc) is 2.58. The lowest BCUT2D eigenvalue weighted by atomic mass is 9.95. The molecule has 5 heteroatoms. The van der Waals surface area contributed by atoms with Crippen LogP contribution < -0.4 is 4.74 Å². The van der Waals surface area contributed by atoms with Crippen molar-refractivity contribution in [2.24, 2.45) is 0 Å². The van der Waals surface area contributed by atoms with Crippen LogP contribution in [0, 0.1) is 6.92 Å². The zero-order chi connectivity index (χ0) is 18.6. The van der Waals surface area contributed by atoms with Gasteiger partial charge < -0.3 is 14.2 Å².